The lowest BCUT2D eigenvalue weighted by molar-refractivity contribution is -0.114. The van der Waals surface area contributed by atoms with Crippen LogP contribution in [-0.2, 0) is 11.3 Å². The molecule has 0 unspecified atom stereocenters. The van der Waals surface area contributed by atoms with Gasteiger partial charge in [0.2, 0.25) is 0 Å². The Balaban J connectivity index is 1.44. The monoisotopic (exact) mass is 456 g/mol. The molecule has 0 atom stereocenters. The third kappa shape index (κ3) is 4.00. The first-order chi connectivity index (χ1) is 15.9. The molecule has 1 aromatic heterocycles. The van der Waals surface area contributed by atoms with Crippen LogP contribution in [0.1, 0.15) is 23.6 Å². The van der Waals surface area contributed by atoms with Crippen molar-refractivity contribution >= 4 is 45.7 Å². The van der Waals surface area contributed by atoms with Gasteiger partial charge in [-0.3, -0.25) is 15.1 Å². The molecule has 2 aliphatic heterocycles. The van der Waals surface area contributed by atoms with E-state index in [2.05, 4.69) is 40.7 Å². The van der Waals surface area contributed by atoms with Crippen molar-refractivity contribution in [2.24, 2.45) is 4.99 Å². The molecule has 1 amide bonds. The number of amides is 1. The number of carbonyl (C=O) groups is 1. The van der Waals surface area contributed by atoms with Gasteiger partial charge in [-0.15, -0.1) is 0 Å². The Labute approximate surface area is 196 Å². The lowest BCUT2D eigenvalue weighted by Crippen LogP contribution is -2.35. The molecule has 33 heavy (non-hydrogen) atoms. The van der Waals surface area contributed by atoms with Crippen LogP contribution in [0.5, 0.6) is 5.75 Å². The minimum atomic E-state index is -0.378. The number of nitrogens with one attached hydrogen (secondary N) is 1. The standard InChI is InChI=1S/C26H24N4O2S/c1-16-8-9-17(2)23(12-16)32-11-10-29-15-19(20-6-4-5-7-22(20)29)13-21-24(27)30-14-18(3)33-26(30)28-25(21)31/h4-9,12-15,27H,10-11H2,1-3H3/b21-13-,27-24?. The van der Waals surface area contributed by atoms with E-state index in [0.717, 1.165) is 32.7 Å². The second kappa shape index (κ2) is 8.41. The number of rotatable bonds is 5. The van der Waals surface area contributed by atoms with Crippen molar-refractivity contribution < 1.29 is 9.53 Å². The summed E-state index contributed by atoms with van der Waals surface area (Å²) < 4.78 is 8.20. The number of thioether (sulfide) groups is 1. The van der Waals surface area contributed by atoms with E-state index < -0.39 is 0 Å². The normalized spacial score (nSPS) is 16.9. The zero-order valence-electron chi connectivity index (χ0n) is 18.8. The molecule has 0 fully saturated rings. The molecule has 166 valence electrons. The Morgan fingerprint density at radius 1 is 1.15 bits per heavy atom. The number of allylic oxidation sites excluding steroid dienone is 1. The fourth-order valence-corrected chi connectivity index (χ4v) is 4.87. The molecular weight excluding hydrogens is 432 g/mol. The number of ether oxygens (including phenoxy) is 1. The van der Waals surface area contributed by atoms with Gasteiger partial charge in [-0.2, -0.15) is 4.99 Å². The maximum absolute atomic E-state index is 12.7. The third-order valence-corrected chi connectivity index (χ3v) is 6.64. The highest BCUT2D eigenvalue weighted by atomic mass is 32.2. The van der Waals surface area contributed by atoms with Gasteiger partial charge in [0.25, 0.3) is 5.91 Å². The van der Waals surface area contributed by atoms with Gasteiger partial charge in [0.05, 0.1) is 12.1 Å². The predicted molar refractivity (Wildman–Crippen MR) is 135 cm³/mol. The number of benzene rings is 2. The smallest absolute Gasteiger partial charge is 0.283 e. The fourth-order valence-electron chi connectivity index (χ4n) is 4.05. The van der Waals surface area contributed by atoms with Gasteiger partial charge in [-0.05, 0) is 50.1 Å². The number of amidine groups is 2. The van der Waals surface area contributed by atoms with Crippen LogP contribution in [0.25, 0.3) is 17.0 Å². The molecule has 3 aromatic rings. The largest absolute Gasteiger partial charge is 0.491 e. The summed E-state index contributed by atoms with van der Waals surface area (Å²) in [7, 11) is 0. The highest BCUT2D eigenvalue weighted by Crippen LogP contribution is 2.33. The van der Waals surface area contributed by atoms with Gasteiger partial charge in [-0.1, -0.05) is 42.1 Å². The minimum absolute atomic E-state index is 0.157. The number of aromatic nitrogens is 1. The van der Waals surface area contributed by atoms with Crippen molar-refractivity contribution in [2.45, 2.75) is 27.3 Å². The van der Waals surface area contributed by atoms with E-state index in [1.807, 2.05) is 44.4 Å². The van der Waals surface area contributed by atoms with E-state index in [4.69, 9.17) is 10.1 Å². The van der Waals surface area contributed by atoms with Crippen LogP contribution < -0.4 is 4.74 Å². The molecule has 7 heteroatoms. The molecule has 2 aliphatic rings. The summed E-state index contributed by atoms with van der Waals surface area (Å²) in [6, 6.07) is 14.3. The molecule has 2 aromatic carbocycles. The quantitative estimate of drug-likeness (QED) is 0.515. The van der Waals surface area contributed by atoms with Crippen LogP contribution in [0.15, 0.2) is 70.3 Å². The number of nitrogens with zero attached hydrogens (tertiary/aromatic N) is 3. The van der Waals surface area contributed by atoms with Crippen LogP contribution in [-0.4, -0.2) is 33.0 Å². The van der Waals surface area contributed by atoms with Crippen molar-refractivity contribution in [2.75, 3.05) is 6.61 Å². The number of fused-ring (bicyclic) bond motifs is 2. The Hall–Kier alpha value is -3.58. The Bertz CT molecular complexity index is 1400. The number of aryl methyl sites for hydroxylation is 2. The maximum Gasteiger partial charge on any atom is 0.283 e. The number of aliphatic imine (C=N–C) groups is 1. The molecule has 0 spiro atoms. The third-order valence-electron chi connectivity index (χ3n) is 5.75. The first kappa shape index (κ1) is 21.3. The second-order valence-electron chi connectivity index (χ2n) is 8.23. The number of carbonyl (C=O) groups excluding carboxylic acids is 1. The Morgan fingerprint density at radius 3 is 2.82 bits per heavy atom. The second-order valence-corrected chi connectivity index (χ2v) is 9.44. The first-order valence-corrected chi connectivity index (χ1v) is 11.6. The van der Waals surface area contributed by atoms with E-state index in [1.165, 1.54) is 17.3 Å². The summed E-state index contributed by atoms with van der Waals surface area (Å²) >= 11 is 1.41. The molecule has 0 saturated carbocycles. The summed E-state index contributed by atoms with van der Waals surface area (Å²) in [5.74, 6) is 0.678. The molecular formula is C26H24N4O2S. The van der Waals surface area contributed by atoms with Gasteiger partial charge < -0.3 is 9.30 Å². The summed E-state index contributed by atoms with van der Waals surface area (Å²) in [5.41, 5.74) is 4.52. The average molecular weight is 457 g/mol. The molecule has 3 heterocycles. The van der Waals surface area contributed by atoms with Gasteiger partial charge in [0.1, 0.15) is 18.2 Å². The van der Waals surface area contributed by atoms with Crippen molar-refractivity contribution in [3.8, 4) is 5.75 Å². The van der Waals surface area contributed by atoms with Gasteiger partial charge in [-0.25, -0.2) is 0 Å². The van der Waals surface area contributed by atoms with Crippen LogP contribution >= 0.6 is 11.8 Å². The minimum Gasteiger partial charge on any atom is -0.491 e. The highest BCUT2D eigenvalue weighted by molar-refractivity contribution is 8.17. The number of hydrogen-bond acceptors (Lipinski definition) is 4. The van der Waals surface area contributed by atoms with E-state index in [-0.39, 0.29) is 11.7 Å². The zero-order chi connectivity index (χ0) is 23.1. The number of para-hydroxylation sites is 1. The van der Waals surface area contributed by atoms with Gasteiger partial charge >= 0.3 is 0 Å². The molecule has 0 aliphatic carbocycles. The lowest BCUT2D eigenvalue weighted by Gasteiger charge is -2.22. The summed E-state index contributed by atoms with van der Waals surface area (Å²) in [6.07, 6.45) is 5.64. The molecule has 0 bridgehead atoms. The van der Waals surface area contributed by atoms with Crippen LogP contribution in [0.4, 0.5) is 0 Å². The average Bonchev–Trinajstić information content (AvgIpc) is 3.33. The topological polar surface area (TPSA) is 70.7 Å². The Kier molecular flexibility index (Phi) is 5.42. The summed E-state index contributed by atoms with van der Waals surface area (Å²) in [6.45, 7) is 7.23. The zero-order valence-corrected chi connectivity index (χ0v) is 19.6. The molecule has 0 saturated heterocycles. The van der Waals surface area contributed by atoms with Gasteiger partial charge in [0.15, 0.2) is 5.17 Å². The van der Waals surface area contributed by atoms with E-state index in [9.17, 15) is 4.79 Å². The molecule has 0 radical (unpaired) electrons. The van der Waals surface area contributed by atoms with E-state index >= 15 is 0 Å². The molecule has 5 rings (SSSR count). The molecule has 6 nitrogen and oxygen atoms in total. The van der Waals surface area contributed by atoms with E-state index in [1.54, 1.807) is 11.0 Å². The SMILES string of the molecule is CC1=CN2C(=N)/C(=C/c3cn(CCOc4cc(C)ccc4C)c4ccccc34)C(=O)N=C2S1. The fraction of sp³-hybridized carbons (Fsp3) is 0.192. The first-order valence-electron chi connectivity index (χ1n) is 10.8. The summed E-state index contributed by atoms with van der Waals surface area (Å²) in [4.78, 5) is 19.6. The highest BCUT2D eigenvalue weighted by Gasteiger charge is 2.33. The van der Waals surface area contributed by atoms with Crippen LogP contribution in [0.2, 0.25) is 0 Å². The maximum atomic E-state index is 12.7. The van der Waals surface area contributed by atoms with Crippen LogP contribution in [0.3, 0.4) is 0 Å². The summed E-state index contributed by atoms with van der Waals surface area (Å²) in [5, 5.41) is 10.1. The lowest BCUT2D eigenvalue weighted by atomic mass is 10.1. The predicted octanol–water partition coefficient (Wildman–Crippen LogP) is 5.50. The number of hydrogen-bond donors (Lipinski definition) is 1. The van der Waals surface area contributed by atoms with Crippen molar-refractivity contribution in [3.05, 3.63) is 82.0 Å². The van der Waals surface area contributed by atoms with Crippen LogP contribution in [0, 0.1) is 19.3 Å². The van der Waals surface area contributed by atoms with Gasteiger partial charge in [0, 0.05) is 33.8 Å². The van der Waals surface area contributed by atoms with Crippen molar-refractivity contribution in [1.29, 1.82) is 5.41 Å². The molecule has 1 N–H and O–H groups in total. The Morgan fingerprint density at radius 2 is 1.97 bits per heavy atom. The van der Waals surface area contributed by atoms with Crippen molar-refractivity contribution in [3.63, 3.8) is 0 Å². The van der Waals surface area contributed by atoms with Crippen molar-refractivity contribution in [1.82, 2.24) is 9.47 Å². The van der Waals surface area contributed by atoms with E-state index in [0.29, 0.717) is 23.9 Å².